The molecule has 0 aromatic heterocycles. The molecule has 0 radical (unpaired) electrons. The lowest BCUT2D eigenvalue weighted by Crippen LogP contribution is -3.18. The summed E-state index contributed by atoms with van der Waals surface area (Å²) in [4.78, 5) is 27.4. The molecule has 120 valence electrons. The monoisotopic (exact) mass is 296 g/mol. The quantitative estimate of drug-likeness (QED) is 0.748. The topological polar surface area (TPSA) is 67.8 Å². The third-order valence-corrected chi connectivity index (χ3v) is 5.12. The fourth-order valence-electron chi connectivity index (χ4n) is 4.02. The van der Waals surface area contributed by atoms with Gasteiger partial charge in [0, 0.05) is 13.1 Å². The SMILES string of the molecule is C[C@@H]1C[C@@H](C)CN(C(=O)[C@@H](C)[NH+]2CCC[C@H](C(N)=O)C2)C1. The number of primary amides is 1. The molecular weight excluding hydrogens is 266 g/mol. The van der Waals surface area contributed by atoms with Crippen LogP contribution < -0.4 is 10.6 Å². The summed E-state index contributed by atoms with van der Waals surface area (Å²) in [5, 5.41) is 0. The zero-order chi connectivity index (χ0) is 15.6. The van der Waals surface area contributed by atoms with Crippen molar-refractivity contribution in [3.05, 3.63) is 0 Å². The molecule has 2 aliphatic heterocycles. The van der Waals surface area contributed by atoms with E-state index < -0.39 is 0 Å². The number of carbonyl (C=O) groups is 2. The van der Waals surface area contributed by atoms with Crippen LogP contribution in [0.15, 0.2) is 0 Å². The van der Waals surface area contributed by atoms with Crippen LogP contribution in [0.3, 0.4) is 0 Å². The highest BCUT2D eigenvalue weighted by atomic mass is 16.2. The lowest BCUT2D eigenvalue weighted by Gasteiger charge is -2.39. The van der Waals surface area contributed by atoms with Gasteiger partial charge in [0.15, 0.2) is 6.04 Å². The number of quaternary nitrogens is 1. The van der Waals surface area contributed by atoms with Crippen molar-refractivity contribution in [3.63, 3.8) is 0 Å². The van der Waals surface area contributed by atoms with E-state index in [2.05, 4.69) is 13.8 Å². The van der Waals surface area contributed by atoms with Gasteiger partial charge in [-0.3, -0.25) is 9.59 Å². The summed E-state index contributed by atoms with van der Waals surface area (Å²) >= 11 is 0. The van der Waals surface area contributed by atoms with Crippen molar-refractivity contribution < 1.29 is 14.5 Å². The highest BCUT2D eigenvalue weighted by molar-refractivity contribution is 5.80. The number of nitrogens with zero attached hydrogens (tertiary/aromatic N) is 1. The number of hydrogen-bond donors (Lipinski definition) is 2. The van der Waals surface area contributed by atoms with Crippen LogP contribution in [0.1, 0.15) is 40.0 Å². The molecule has 21 heavy (non-hydrogen) atoms. The van der Waals surface area contributed by atoms with Gasteiger partial charge < -0.3 is 15.5 Å². The van der Waals surface area contributed by atoms with E-state index >= 15 is 0 Å². The van der Waals surface area contributed by atoms with E-state index in [4.69, 9.17) is 5.73 Å². The molecule has 2 saturated heterocycles. The molecule has 2 fully saturated rings. The zero-order valence-corrected chi connectivity index (χ0v) is 13.6. The highest BCUT2D eigenvalue weighted by Crippen LogP contribution is 2.21. The van der Waals surface area contributed by atoms with Crippen LogP contribution in [0.25, 0.3) is 0 Å². The number of carbonyl (C=O) groups excluding carboxylic acids is 2. The fraction of sp³-hybridized carbons (Fsp3) is 0.875. The van der Waals surface area contributed by atoms with E-state index in [0.29, 0.717) is 18.4 Å². The first-order valence-electron chi connectivity index (χ1n) is 8.31. The Morgan fingerprint density at radius 1 is 1.24 bits per heavy atom. The second-order valence-corrected chi connectivity index (χ2v) is 7.26. The summed E-state index contributed by atoms with van der Waals surface area (Å²) in [6.07, 6.45) is 3.06. The van der Waals surface area contributed by atoms with Gasteiger partial charge in [0.25, 0.3) is 5.91 Å². The van der Waals surface area contributed by atoms with Crippen molar-refractivity contribution in [2.24, 2.45) is 23.5 Å². The smallest absolute Gasteiger partial charge is 0.280 e. The molecule has 0 aliphatic carbocycles. The minimum atomic E-state index is -0.216. The molecule has 2 aliphatic rings. The Hall–Kier alpha value is -1.10. The molecule has 2 amide bonds. The summed E-state index contributed by atoms with van der Waals surface area (Å²) in [6.45, 7) is 9.87. The van der Waals surface area contributed by atoms with Crippen LogP contribution in [0, 0.1) is 17.8 Å². The minimum absolute atomic E-state index is 0.0651. The summed E-state index contributed by atoms with van der Waals surface area (Å²) in [5.74, 6) is 1.13. The van der Waals surface area contributed by atoms with Gasteiger partial charge in [-0.05, 0) is 38.0 Å². The molecule has 5 nitrogen and oxygen atoms in total. The van der Waals surface area contributed by atoms with Gasteiger partial charge in [0.2, 0.25) is 5.91 Å². The highest BCUT2D eigenvalue weighted by Gasteiger charge is 2.36. The second-order valence-electron chi connectivity index (χ2n) is 7.26. The van der Waals surface area contributed by atoms with Crippen molar-refractivity contribution >= 4 is 11.8 Å². The normalized spacial score (nSPS) is 35.3. The van der Waals surface area contributed by atoms with Crippen molar-refractivity contribution in [3.8, 4) is 0 Å². The Labute approximate surface area is 127 Å². The van der Waals surface area contributed by atoms with Crippen LogP contribution in [-0.2, 0) is 9.59 Å². The van der Waals surface area contributed by atoms with E-state index in [-0.39, 0.29) is 23.8 Å². The minimum Gasteiger partial charge on any atom is -0.369 e. The van der Waals surface area contributed by atoms with Gasteiger partial charge in [-0.15, -0.1) is 0 Å². The summed E-state index contributed by atoms with van der Waals surface area (Å²) in [6, 6.07) is -0.0651. The van der Waals surface area contributed by atoms with Crippen LogP contribution in [-0.4, -0.2) is 48.9 Å². The maximum absolute atomic E-state index is 12.8. The number of piperidine rings is 2. The Morgan fingerprint density at radius 3 is 2.43 bits per heavy atom. The number of nitrogens with two attached hydrogens (primary N) is 1. The molecule has 2 rings (SSSR count). The molecule has 3 N–H and O–H groups in total. The van der Waals surface area contributed by atoms with Gasteiger partial charge in [-0.1, -0.05) is 13.8 Å². The predicted molar refractivity (Wildman–Crippen MR) is 81.6 cm³/mol. The van der Waals surface area contributed by atoms with E-state index in [1.54, 1.807) is 0 Å². The van der Waals surface area contributed by atoms with E-state index in [1.807, 2.05) is 11.8 Å². The third-order valence-electron chi connectivity index (χ3n) is 5.12. The first kappa shape index (κ1) is 16.3. The third kappa shape index (κ3) is 3.96. The molecule has 5 atom stereocenters. The van der Waals surface area contributed by atoms with E-state index in [1.165, 1.54) is 11.3 Å². The van der Waals surface area contributed by atoms with E-state index in [0.717, 1.165) is 32.5 Å². The van der Waals surface area contributed by atoms with Gasteiger partial charge in [0.1, 0.15) is 0 Å². The van der Waals surface area contributed by atoms with Gasteiger partial charge >= 0.3 is 0 Å². The second kappa shape index (κ2) is 6.77. The van der Waals surface area contributed by atoms with Crippen molar-refractivity contribution in [1.29, 1.82) is 0 Å². The van der Waals surface area contributed by atoms with Crippen LogP contribution in [0.4, 0.5) is 0 Å². The molecule has 0 bridgehead atoms. The van der Waals surface area contributed by atoms with Crippen molar-refractivity contribution in [2.45, 2.75) is 46.1 Å². The van der Waals surface area contributed by atoms with Gasteiger partial charge in [-0.2, -0.15) is 0 Å². The average molecular weight is 296 g/mol. The zero-order valence-electron chi connectivity index (χ0n) is 13.6. The maximum Gasteiger partial charge on any atom is 0.280 e. The number of rotatable bonds is 3. The molecule has 0 spiro atoms. The molecule has 0 saturated carbocycles. The van der Waals surface area contributed by atoms with Crippen molar-refractivity contribution in [2.75, 3.05) is 26.2 Å². The van der Waals surface area contributed by atoms with Crippen LogP contribution >= 0.6 is 0 Å². The molecule has 2 heterocycles. The number of hydrogen-bond acceptors (Lipinski definition) is 2. The Morgan fingerprint density at radius 2 is 1.86 bits per heavy atom. The molecular formula is C16H30N3O2+. The lowest BCUT2D eigenvalue weighted by atomic mass is 9.91. The Bertz CT molecular complexity index is 389. The average Bonchev–Trinajstić information content (AvgIpc) is 2.44. The first-order chi connectivity index (χ1) is 9.88. The molecule has 0 aromatic carbocycles. The molecule has 1 unspecified atom stereocenters. The largest absolute Gasteiger partial charge is 0.369 e. The van der Waals surface area contributed by atoms with E-state index in [9.17, 15) is 9.59 Å². The standard InChI is InChI=1S/C16H29N3O2/c1-11-7-12(2)9-19(8-11)16(21)13(3)18-6-4-5-14(10-18)15(17)20/h11-14H,4-10H2,1-3H3,(H2,17,20)/p+1/t11-,12-,13-,14+/m1/s1. The molecule has 5 heteroatoms. The number of amides is 2. The van der Waals surface area contributed by atoms with Crippen LogP contribution in [0.2, 0.25) is 0 Å². The van der Waals surface area contributed by atoms with Gasteiger partial charge in [0.05, 0.1) is 19.0 Å². The Balaban J connectivity index is 1.96. The Kier molecular flexibility index (Phi) is 5.25. The van der Waals surface area contributed by atoms with Crippen LogP contribution in [0.5, 0.6) is 0 Å². The lowest BCUT2D eigenvalue weighted by molar-refractivity contribution is -0.921. The summed E-state index contributed by atoms with van der Waals surface area (Å²) in [7, 11) is 0. The first-order valence-corrected chi connectivity index (χ1v) is 8.31. The van der Waals surface area contributed by atoms with Gasteiger partial charge in [-0.25, -0.2) is 0 Å². The maximum atomic E-state index is 12.8. The summed E-state index contributed by atoms with van der Waals surface area (Å²) in [5.41, 5.74) is 5.44. The molecule has 0 aromatic rings. The fourth-order valence-corrected chi connectivity index (χ4v) is 4.02. The summed E-state index contributed by atoms with van der Waals surface area (Å²) < 4.78 is 0. The predicted octanol–water partition coefficient (Wildman–Crippen LogP) is -0.340. The number of nitrogens with one attached hydrogen (secondary N) is 1. The number of likely N-dealkylation sites (tertiary alicyclic amines) is 2. The van der Waals surface area contributed by atoms with Crippen molar-refractivity contribution in [1.82, 2.24) is 4.90 Å².